The van der Waals surface area contributed by atoms with Crippen molar-refractivity contribution in [3.8, 4) is 0 Å². The van der Waals surface area contributed by atoms with Crippen LogP contribution in [0.4, 0.5) is 0 Å². The van der Waals surface area contributed by atoms with Crippen LogP contribution in [0.15, 0.2) is 30.3 Å². The van der Waals surface area contributed by atoms with E-state index in [9.17, 15) is 9.59 Å². The molecule has 168 valence electrons. The second-order valence-corrected chi connectivity index (χ2v) is 9.84. The summed E-state index contributed by atoms with van der Waals surface area (Å²) in [5.74, 6) is 0.931. The summed E-state index contributed by atoms with van der Waals surface area (Å²) in [5, 5.41) is 3.20. The number of ether oxygens (including phenoxy) is 2. The Balaban J connectivity index is 1.24. The van der Waals surface area contributed by atoms with Gasteiger partial charge in [0.15, 0.2) is 0 Å². The van der Waals surface area contributed by atoms with Crippen LogP contribution < -0.4 is 5.32 Å². The van der Waals surface area contributed by atoms with Crippen molar-refractivity contribution in [1.82, 2.24) is 10.2 Å². The molecule has 1 aromatic carbocycles. The highest BCUT2D eigenvalue weighted by Gasteiger charge is 2.51. The highest BCUT2D eigenvalue weighted by atomic mass is 16.5. The fraction of sp³-hybridized carbons (Fsp3) is 0.680. The van der Waals surface area contributed by atoms with Crippen LogP contribution in [-0.2, 0) is 19.1 Å². The van der Waals surface area contributed by atoms with Crippen LogP contribution in [0.5, 0.6) is 0 Å². The van der Waals surface area contributed by atoms with Crippen molar-refractivity contribution in [2.24, 2.45) is 5.92 Å². The van der Waals surface area contributed by atoms with Gasteiger partial charge in [-0.25, -0.2) is 0 Å². The van der Waals surface area contributed by atoms with Crippen molar-refractivity contribution < 1.29 is 19.1 Å². The van der Waals surface area contributed by atoms with Gasteiger partial charge in [-0.3, -0.25) is 9.59 Å². The molecule has 31 heavy (non-hydrogen) atoms. The van der Waals surface area contributed by atoms with Crippen molar-refractivity contribution in [3.05, 3.63) is 35.9 Å². The average Bonchev–Trinajstić information content (AvgIpc) is 3.64. The molecule has 5 rings (SSSR count). The van der Waals surface area contributed by atoms with Crippen molar-refractivity contribution >= 4 is 11.8 Å². The number of amides is 2. The van der Waals surface area contributed by atoms with Gasteiger partial charge in [0.05, 0.1) is 30.9 Å². The zero-order valence-electron chi connectivity index (χ0n) is 18.3. The van der Waals surface area contributed by atoms with Crippen LogP contribution in [0.2, 0.25) is 0 Å². The maximum Gasteiger partial charge on any atom is 0.246 e. The fourth-order valence-corrected chi connectivity index (χ4v) is 5.77. The molecule has 2 aliphatic carbocycles. The zero-order valence-corrected chi connectivity index (χ0v) is 18.3. The van der Waals surface area contributed by atoms with Gasteiger partial charge in [0.1, 0.15) is 6.61 Å². The SMILES string of the molecule is O=C1COCC2(CCCN(C(=O)C3CC3)C2CO[C@H]2CC[C@@H](c3ccccc3)CC2)N1. The number of carbonyl (C=O) groups is 2. The van der Waals surface area contributed by atoms with Crippen LogP contribution in [0.25, 0.3) is 0 Å². The molecular formula is C25H34N2O4. The Bertz CT molecular complexity index is 784. The maximum absolute atomic E-state index is 13.0. The quantitative estimate of drug-likeness (QED) is 0.786. The molecular weight excluding hydrogens is 392 g/mol. The standard InChI is InChI=1S/C25H34N2O4/c28-23-16-30-17-25(26-23)13-4-14-27(24(29)20-7-8-20)22(25)15-31-21-11-9-19(10-12-21)18-5-2-1-3-6-18/h1-3,5-6,19-22H,4,7-17H2,(H,26,28)/t19-,21+,22?,25?. The molecule has 1 aromatic rings. The van der Waals surface area contributed by atoms with Gasteiger partial charge < -0.3 is 19.7 Å². The first-order valence-electron chi connectivity index (χ1n) is 12.0. The Morgan fingerprint density at radius 1 is 1.13 bits per heavy atom. The van der Waals surface area contributed by atoms with Crippen LogP contribution in [0.1, 0.15) is 62.8 Å². The average molecular weight is 427 g/mol. The molecule has 2 aliphatic heterocycles. The Morgan fingerprint density at radius 3 is 2.61 bits per heavy atom. The monoisotopic (exact) mass is 426 g/mol. The summed E-state index contributed by atoms with van der Waals surface area (Å²) in [5.41, 5.74) is 0.912. The molecule has 6 nitrogen and oxygen atoms in total. The Morgan fingerprint density at radius 2 is 1.90 bits per heavy atom. The Kier molecular flexibility index (Phi) is 6.02. The molecule has 4 aliphatic rings. The van der Waals surface area contributed by atoms with Crippen LogP contribution in [-0.4, -0.2) is 60.8 Å². The first-order chi connectivity index (χ1) is 15.1. The summed E-state index contributed by atoms with van der Waals surface area (Å²) < 4.78 is 12.1. The van der Waals surface area contributed by atoms with Gasteiger partial charge in [-0.15, -0.1) is 0 Å². The summed E-state index contributed by atoms with van der Waals surface area (Å²) >= 11 is 0. The van der Waals surface area contributed by atoms with E-state index in [2.05, 4.69) is 35.6 Å². The van der Waals surface area contributed by atoms with E-state index >= 15 is 0 Å². The molecule has 2 atom stereocenters. The highest BCUT2D eigenvalue weighted by molar-refractivity contribution is 5.82. The van der Waals surface area contributed by atoms with Gasteiger partial charge in [0.25, 0.3) is 0 Å². The van der Waals surface area contributed by atoms with Crippen LogP contribution >= 0.6 is 0 Å². The summed E-state index contributed by atoms with van der Waals surface area (Å²) in [6.45, 7) is 1.79. The van der Waals surface area contributed by atoms with Gasteiger partial charge >= 0.3 is 0 Å². The summed E-state index contributed by atoms with van der Waals surface area (Å²) in [4.78, 5) is 27.3. The molecule has 0 radical (unpaired) electrons. The minimum absolute atomic E-state index is 0.0830. The molecule has 4 fully saturated rings. The van der Waals surface area contributed by atoms with Crippen molar-refractivity contribution in [3.63, 3.8) is 0 Å². The van der Waals surface area contributed by atoms with E-state index in [4.69, 9.17) is 9.47 Å². The van der Waals surface area contributed by atoms with Crippen molar-refractivity contribution in [1.29, 1.82) is 0 Å². The van der Waals surface area contributed by atoms with Gasteiger partial charge in [0, 0.05) is 12.5 Å². The lowest BCUT2D eigenvalue weighted by Crippen LogP contribution is -2.72. The Hall–Kier alpha value is -1.92. The number of hydrogen-bond acceptors (Lipinski definition) is 4. The summed E-state index contributed by atoms with van der Waals surface area (Å²) in [6.07, 6.45) is 8.27. The van der Waals surface area contributed by atoms with Crippen molar-refractivity contribution in [2.75, 3.05) is 26.4 Å². The van der Waals surface area contributed by atoms with E-state index in [0.717, 1.165) is 57.9 Å². The number of hydrogen-bond donors (Lipinski definition) is 1. The minimum Gasteiger partial charge on any atom is -0.376 e. The molecule has 2 unspecified atom stereocenters. The van der Waals surface area contributed by atoms with Crippen LogP contribution in [0, 0.1) is 5.92 Å². The number of nitrogens with zero attached hydrogens (tertiary/aromatic N) is 1. The largest absolute Gasteiger partial charge is 0.376 e. The maximum atomic E-state index is 13.0. The van der Waals surface area contributed by atoms with Gasteiger partial charge in [-0.2, -0.15) is 0 Å². The van der Waals surface area contributed by atoms with Gasteiger partial charge in [-0.05, 0) is 62.8 Å². The van der Waals surface area contributed by atoms with E-state index in [0.29, 0.717) is 19.1 Å². The topological polar surface area (TPSA) is 67.9 Å². The van der Waals surface area contributed by atoms with Crippen molar-refractivity contribution in [2.45, 2.75) is 75.0 Å². The van der Waals surface area contributed by atoms with Crippen LogP contribution in [0.3, 0.4) is 0 Å². The third-order valence-electron chi connectivity index (χ3n) is 7.66. The predicted octanol–water partition coefficient (Wildman–Crippen LogP) is 3.02. The summed E-state index contributed by atoms with van der Waals surface area (Å²) in [6, 6.07) is 10.6. The molecule has 1 spiro atoms. The molecule has 6 heteroatoms. The lowest BCUT2D eigenvalue weighted by Gasteiger charge is -2.51. The first-order valence-corrected chi connectivity index (χ1v) is 12.0. The first kappa shape index (κ1) is 21.0. The van der Waals surface area contributed by atoms with E-state index < -0.39 is 5.54 Å². The lowest BCUT2D eigenvalue weighted by atomic mass is 9.80. The zero-order chi connectivity index (χ0) is 21.3. The number of rotatable bonds is 5. The predicted molar refractivity (Wildman–Crippen MR) is 117 cm³/mol. The highest BCUT2D eigenvalue weighted by Crippen LogP contribution is 2.38. The number of nitrogens with one attached hydrogen (secondary N) is 1. The normalized spacial score (nSPS) is 33.9. The van der Waals surface area contributed by atoms with Gasteiger partial charge in [-0.1, -0.05) is 30.3 Å². The van der Waals surface area contributed by atoms with E-state index in [1.165, 1.54) is 5.56 Å². The third-order valence-corrected chi connectivity index (χ3v) is 7.66. The van der Waals surface area contributed by atoms with E-state index in [-0.39, 0.29) is 36.5 Å². The van der Waals surface area contributed by atoms with E-state index in [1.54, 1.807) is 0 Å². The second-order valence-electron chi connectivity index (χ2n) is 9.84. The molecule has 0 bridgehead atoms. The Labute approximate surface area is 184 Å². The minimum atomic E-state index is -0.515. The lowest BCUT2D eigenvalue weighted by molar-refractivity contribution is -0.156. The second kappa shape index (κ2) is 8.91. The molecule has 2 saturated carbocycles. The fourth-order valence-electron chi connectivity index (χ4n) is 5.77. The molecule has 1 N–H and O–H groups in total. The molecule has 2 saturated heterocycles. The number of carbonyl (C=O) groups excluding carboxylic acids is 2. The smallest absolute Gasteiger partial charge is 0.246 e. The third kappa shape index (κ3) is 4.51. The van der Waals surface area contributed by atoms with Gasteiger partial charge in [0.2, 0.25) is 11.8 Å². The van der Waals surface area contributed by atoms with E-state index in [1.807, 2.05) is 4.90 Å². The summed E-state index contributed by atoms with van der Waals surface area (Å²) in [7, 11) is 0. The molecule has 2 amide bonds. The number of morpholine rings is 1. The number of likely N-dealkylation sites (tertiary alicyclic amines) is 1. The molecule has 2 heterocycles. The number of piperidine rings is 1. The molecule has 0 aromatic heterocycles. The number of benzene rings is 1.